The molecule has 1 aromatic carbocycles. The Morgan fingerprint density at radius 1 is 1.20 bits per heavy atom. The maximum atomic E-state index is 12.3. The molecule has 10 heteroatoms. The van der Waals surface area contributed by atoms with E-state index in [2.05, 4.69) is 10.5 Å². The molecule has 2 aromatic rings. The van der Waals surface area contributed by atoms with Crippen LogP contribution in [0.1, 0.15) is 11.4 Å². The lowest BCUT2D eigenvalue weighted by Crippen LogP contribution is -2.44. The predicted molar refractivity (Wildman–Crippen MR) is 89.6 cm³/mol. The minimum atomic E-state index is -3.93. The number of nitrogens with zero attached hydrogens (tertiary/aromatic N) is 2. The average Bonchev–Trinajstić information content (AvgIpc) is 2.84. The van der Waals surface area contributed by atoms with Crippen LogP contribution in [0.5, 0.6) is 11.5 Å². The van der Waals surface area contributed by atoms with Gasteiger partial charge in [-0.25, -0.2) is 8.42 Å². The van der Waals surface area contributed by atoms with Gasteiger partial charge in [-0.2, -0.15) is 5.10 Å². The maximum absolute atomic E-state index is 12.3. The molecule has 0 aliphatic carbocycles. The van der Waals surface area contributed by atoms with Crippen LogP contribution < -0.4 is 19.7 Å². The number of nitrogens with one attached hydrogen (secondary N) is 2. The molecular weight excluding hydrogens is 348 g/mol. The maximum Gasteiger partial charge on any atom is 0.272 e. The molecule has 0 spiro atoms. The van der Waals surface area contributed by atoms with E-state index in [1.807, 2.05) is 4.83 Å². The second-order valence-electron chi connectivity index (χ2n) is 5.24. The van der Waals surface area contributed by atoms with Gasteiger partial charge in [0.1, 0.15) is 16.4 Å². The number of benzene rings is 1. The van der Waals surface area contributed by atoms with Gasteiger partial charge in [0, 0.05) is 7.05 Å². The first-order chi connectivity index (χ1) is 11.7. The molecular formula is C15H20N4O5S. The summed E-state index contributed by atoms with van der Waals surface area (Å²) in [5, 5.41) is 4.04. The third kappa shape index (κ3) is 4.48. The van der Waals surface area contributed by atoms with E-state index in [0.29, 0.717) is 22.9 Å². The third-order valence-corrected chi connectivity index (χ3v) is 4.96. The summed E-state index contributed by atoms with van der Waals surface area (Å²) in [6.45, 7) is 2.86. The van der Waals surface area contributed by atoms with Crippen LogP contribution in [0.15, 0.2) is 29.2 Å². The summed E-state index contributed by atoms with van der Waals surface area (Å²) in [6, 6.07) is 6.64. The Morgan fingerprint density at radius 3 is 2.32 bits per heavy atom. The van der Waals surface area contributed by atoms with Crippen LogP contribution in [-0.4, -0.2) is 37.8 Å². The normalized spacial score (nSPS) is 11.2. The number of hydrogen-bond donors (Lipinski definition) is 2. The van der Waals surface area contributed by atoms with Gasteiger partial charge in [0.2, 0.25) is 0 Å². The lowest BCUT2D eigenvalue weighted by molar-refractivity contribution is -0.123. The van der Waals surface area contributed by atoms with E-state index < -0.39 is 15.9 Å². The Hall–Kier alpha value is -2.59. The van der Waals surface area contributed by atoms with E-state index in [1.54, 1.807) is 52.3 Å². The van der Waals surface area contributed by atoms with Gasteiger partial charge in [-0.3, -0.25) is 14.9 Å². The first-order valence-electron chi connectivity index (χ1n) is 7.32. The average molecular weight is 368 g/mol. The Balaban J connectivity index is 1.92. The predicted octanol–water partition coefficient (Wildman–Crippen LogP) is 0.434. The SMILES string of the molecule is COc1ccc(OCC(=O)NNS(=O)(=O)c2c(C)nn(C)c2C)cc1. The number of carbonyl (C=O) groups excluding carboxylic acids is 1. The highest BCUT2D eigenvalue weighted by Gasteiger charge is 2.24. The van der Waals surface area contributed by atoms with E-state index in [0.717, 1.165) is 0 Å². The van der Waals surface area contributed by atoms with Crippen molar-refractivity contribution in [3.8, 4) is 11.5 Å². The second kappa shape index (κ2) is 7.53. The molecule has 0 saturated heterocycles. The Morgan fingerprint density at radius 2 is 1.80 bits per heavy atom. The first-order valence-corrected chi connectivity index (χ1v) is 8.80. The van der Waals surface area contributed by atoms with Gasteiger partial charge in [0.25, 0.3) is 15.9 Å². The Labute approximate surface area is 146 Å². The van der Waals surface area contributed by atoms with Gasteiger partial charge in [-0.1, -0.05) is 0 Å². The number of hydrazine groups is 1. The number of aromatic nitrogens is 2. The third-order valence-electron chi connectivity index (χ3n) is 3.47. The monoisotopic (exact) mass is 368 g/mol. The number of hydrogen-bond acceptors (Lipinski definition) is 6. The Kier molecular flexibility index (Phi) is 5.65. The molecule has 2 N–H and O–H groups in total. The van der Waals surface area contributed by atoms with Crippen LogP contribution in [0.25, 0.3) is 0 Å². The van der Waals surface area contributed by atoms with Crippen molar-refractivity contribution in [3.05, 3.63) is 35.7 Å². The van der Waals surface area contributed by atoms with Gasteiger partial charge in [-0.05, 0) is 38.1 Å². The van der Waals surface area contributed by atoms with Crippen molar-refractivity contribution in [2.24, 2.45) is 7.05 Å². The summed E-state index contributed by atoms with van der Waals surface area (Å²) in [6.07, 6.45) is 0. The topological polar surface area (TPSA) is 112 Å². The van der Waals surface area contributed by atoms with Crippen molar-refractivity contribution in [1.29, 1.82) is 0 Å². The molecule has 1 heterocycles. The molecule has 0 bridgehead atoms. The molecule has 136 valence electrons. The fourth-order valence-corrected chi connectivity index (χ4v) is 3.48. The zero-order valence-electron chi connectivity index (χ0n) is 14.4. The number of amides is 1. The highest BCUT2D eigenvalue weighted by Crippen LogP contribution is 2.18. The molecule has 0 atom stereocenters. The summed E-state index contributed by atoms with van der Waals surface area (Å²) in [4.78, 5) is 13.9. The van der Waals surface area contributed by atoms with Crippen molar-refractivity contribution in [1.82, 2.24) is 20.0 Å². The summed E-state index contributed by atoms with van der Waals surface area (Å²) in [5.41, 5.74) is 2.92. The molecule has 0 fully saturated rings. The van der Waals surface area contributed by atoms with Crippen molar-refractivity contribution in [3.63, 3.8) is 0 Å². The van der Waals surface area contributed by atoms with Gasteiger partial charge >= 0.3 is 0 Å². The van der Waals surface area contributed by atoms with Gasteiger partial charge in [-0.15, -0.1) is 4.83 Å². The second-order valence-corrected chi connectivity index (χ2v) is 6.86. The summed E-state index contributed by atoms with van der Waals surface area (Å²) in [7, 11) is -0.741. The highest BCUT2D eigenvalue weighted by atomic mass is 32.2. The fourth-order valence-electron chi connectivity index (χ4n) is 2.18. The quantitative estimate of drug-likeness (QED) is 0.686. The molecule has 2 rings (SSSR count). The number of methoxy groups -OCH3 is 1. The molecule has 0 radical (unpaired) electrons. The fraction of sp³-hybridized carbons (Fsp3) is 0.333. The molecule has 0 saturated carbocycles. The zero-order chi connectivity index (χ0) is 18.6. The summed E-state index contributed by atoms with van der Waals surface area (Å²) in [5.74, 6) is 0.475. The molecule has 1 aromatic heterocycles. The molecule has 0 aliphatic heterocycles. The van der Waals surface area contributed by atoms with E-state index in [9.17, 15) is 13.2 Å². The summed E-state index contributed by atoms with van der Waals surface area (Å²) < 4.78 is 36.3. The standard InChI is InChI=1S/C15H20N4O5S/c1-10-15(11(2)19(3)17-10)25(21,22)18-16-14(20)9-24-13-7-5-12(23-4)6-8-13/h5-8,18H,9H2,1-4H3,(H,16,20). The lowest BCUT2D eigenvalue weighted by atomic mass is 10.3. The number of sulfonamides is 1. The molecule has 1 amide bonds. The first kappa shape index (κ1) is 18.7. The van der Waals surface area contributed by atoms with Crippen molar-refractivity contribution in [2.45, 2.75) is 18.7 Å². The number of carbonyl (C=O) groups is 1. The number of aryl methyl sites for hydroxylation is 2. The van der Waals surface area contributed by atoms with Crippen molar-refractivity contribution < 1.29 is 22.7 Å². The van der Waals surface area contributed by atoms with Gasteiger partial charge in [0.15, 0.2) is 6.61 Å². The zero-order valence-corrected chi connectivity index (χ0v) is 15.2. The van der Waals surface area contributed by atoms with E-state index in [1.165, 1.54) is 4.68 Å². The van der Waals surface area contributed by atoms with Crippen molar-refractivity contribution >= 4 is 15.9 Å². The van der Waals surface area contributed by atoms with Crippen LogP contribution in [0.2, 0.25) is 0 Å². The smallest absolute Gasteiger partial charge is 0.272 e. The van der Waals surface area contributed by atoms with Gasteiger partial charge < -0.3 is 9.47 Å². The molecule has 0 aliphatic rings. The van der Waals surface area contributed by atoms with Crippen LogP contribution in [0.3, 0.4) is 0 Å². The number of rotatable bonds is 7. The van der Waals surface area contributed by atoms with Crippen LogP contribution in [-0.2, 0) is 21.9 Å². The largest absolute Gasteiger partial charge is 0.497 e. The molecule has 9 nitrogen and oxygen atoms in total. The lowest BCUT2D eigenvalue weighted by Gasteiger charge is -2.10. The van der Waals surface area contributed by atoms with Crippen LogP contribution in [0, 0.1) is 13.8 Å². The van der Waals surface area contributed by atoms with Gasteiger partial charge in [0.05, 0.1) is 18.5 Å². The minimum Gasteiger partial charge on any atom is -0.497 e. The highest BCUT2D eigenvalue weighted by molar-refractivity contribution is 7.89. The molecule has 25 heavy (non-hydrogen) atoms. The molecule has 0 unspecified atom stereocenters. The van der Waals surface area contributed by atoms with Crippen molar-refractivity contribution in [2.75, 3.05) is 13.7 Å². The van der Waals surface area contributed by atoms with E-state index in [4.69, 9.17) is 9.47 Å². The summed E-state index contributed by atoms with van der Waals surface area (Å²) >= 11 is 0. The van der Waals surface area contributed by atoms with Crippen LogP contribution in [0.4, 0.5) is 0 Å². The van der Waals surface area contributed by atoms with E-state index in [-0.39, 0.29) is 11.5 Å². The Bertz CT molecular complexity index is 859. The minimum absolute atomic E-state index is 0.0337. The van der Waals surface area contributed by atoms with Crippen LogP contribution >= 0.6 is 0 Å². The van der Waals surface area contributed by atoms with E-state index >= 15 is 0 Å². The number of ether oxygens (including phenoxy) is 2.